The predicted molar refractivity (Wildman–Crippen MR) is 86.6 cm³/mol. The van der Waals surface area contributed by atoms with Crippen LogP contribution in [0.15, 0.2) is 17.2 Å². The molecule has 2 atom stereocenters. The Morgan fingerprint density at radius 2 is 2.14 bits per heavy atom. The number of carbonyl (C=O) groups is 1. The number of rotatable bonds is 4. The maximum Gasteiger partial charge on any atom is 0.267 e. The molecule has 22 heavy (non-hydrogen) atoms. The second-order valence-electron chi connectivity index (χ2n) is 5.52. The number of aromatic nitrogens is 1. The number of aryl methyl sites for hydroxylation is 1. The van der Waals surface area contributed by atoms with Crippen LogP contribution in [0.1, 0.15) is 23.8 Å². The van der Waals surface area contributed by atoms with Crippen molar-refractivity contribution in [1.82, 2.24) is 14.2 Å². The topological polar surface area (TPSA) is 97.4 Å². The highest BCUT2D eigenvalue weighted by Gasteiger charge is 2.35. The number of nitrogens with one attached hydrogen (secondary N) is 1. The van der Waals surface area contributed by atoms with Gasteiger partial charge >= 0.3 is 0 Å². The van der Waals surface area contributed by atoms with E-state index in [1.165, 1.54) is 28.2 Å². The predicted octanol–water partition coefficient (Wildman–Crippen LogP) is 0.164. The Bertz CT molecular complexity index is 642. The number of amides is 1. The van der Waals surface area contributed by atoms with Crippen molar-refractivity contribution in [2.45, 2.75) is 24.3 Å². The third kappa shape index (κ3) is 3.45. The summed E-state index contributed by atoms with van der Waals surface area (Å²) in [7, 11) is -0.409. The summed E-state index contributed by atoms with van der Waals surface area (Å²) in [6.07, 6.45) is 2.24. The summed E-state index contributed by atoms with van der Waals surface area (Å²) in [5.41, 5.74) is 6.17. The smallest absolute Gasteiger partial charge is 0.267 e. The van der Waals surface area contributed by atoms with Crippen molar-refractivity contribution in [3.63, 3.8) is 0 Å². The molecule has 1 saturated heterocycles. The second-order valence-corrected chi connectivity index (χ2v) is 7.46. The Balaban J connectivity index is 0.00000242. The lowest BCUT2D eigenvalue weighted by Gasteiger charge is -2.17. The molecule has 2 heterocycles. The number of nitrogens with two attached hydrogens (primary N) is 1. The first-order valence-corrected chi connectivity index (χ1v) is 8.35. The van der Waals surface area contributed by atoms with Crippen LogP contribution in [0.25, 0.3) is 0 Å². The van der Waals surface area contributed by atoms with Gasteiger partial charge in [0, 0.05) is 39.4 Å². The Kier molecular flexibility index (Phi) is 6.03. The van der Waals surface area contributed by atoms with Crippen molar-refractivity contribution in [3.05, 3.63) is 18.0 Å². The highest BCUT2D eigenvalue weighted by atomic mass is 35.5. The van der Waals surface area contributed by atoms with E-state index < -0.39 is 10.0 Å². The molecule has 0 spiro atoms. The van der Waals surface area contributed by atoms with Crippen molar-refractivity contribution in [2.75, 3.05) is 20.1 Å². The van der Waals surface area contributed by atoms with E-state index in [0.717, 1.165) is 6.42 Å². The summed E-state index contributed by atoms with van der Waals surface area (Å²) in [6, 6.07) is 1.38. The maximum atomic E-state index is 12.6. The summed E-state index contributed by atoms with van der Waals surface area (Å²) >= 11 is 0. The Morgan fingerprint density at radius 1 is 1.50 bits per heavy atom. The first kappa shape index (κ1) is 19.0. The molecule has 0 aliphatic carbocycles. The molecule has 0 saturated carbocycles. The fraction of sp³-hybridized carbons (Fsp3) is 0.615. The van der Waals surface area contributed by atoms with Gasteiger partial charge in [-0.25, -0.2) is 8.42 Å². The number of halogens is 1. The molecule has 9 heteroatoms. The van der Waals surface area contributed by atoms with Crippen LogP contribution in [0.3, 0.4) is 0 Å². The van der Waals surface area contributed by atoms with Crippen LogP contribution >= 0.6 is 12.4 Å². The maximum absolute atomic E-state index is 12.6. The Morgan fingerprint density at radius 3 is 2.64 bits per heavy atom. The molecule has 1 aromatic heterocycles. The van der Waals surface area contributed by atoms with Gasteiger partial charge in [-0.15, -0.1) is 12.4 Å². The standard InChI is InChI=1S/C13H22N4O3S.ClH/c1-9(14)10-4-5-17(7-10)21(19,20)11-6-12(13(18)15-2)16(3)8-11;/h6,8-10H,4-5,7,14H2,1-3H3,(H,15,18);1H. The minimum absolute atomic E-state index is 0. The van der Waals surface area contributed by atoms with E-state index in [-0.39, 0.29) is 35.2 Å². The van der Waals surface area contributed by atoms with E-state index in [1.807, 2.05) is 6.92 Å². The summed E-state index contributed by atoms with van der Waals surface area (Å²) in [5, 5.41) is 2.49. The van der Waals surface area contributed by atoms with Crippen molar-refractivity contribution < 1.29 is 13.2 Å². The summed E-state index contributed by atoms with van der Waals surface area (Å²) in [6.45, 7) is 2.80. The zero-order valence-electron chi connectivity index (χ0n) is 12.9. The third-order valence-corrected chi connectivity index (χ3v) is 5.84. The van der Waals surface area contributed by atoms with E-state index in [0.29, 0.717) is 18.8 Å². The minimum atomic E-state index is -3.57. The number of hydrogen-bond acceptors (Lipinski definition) is 4. The zero-order chi connectivity index (χ0) is 15.8. The van der Waals surface area contributed by atoms with Crippen LogP contribution < -0.4 is 11.1 Å². The van der Waals surface area contributed by atoms with Crippen LogP contribution in [0.5, 0.6) is 0 Å². The van der Waals surface area contributed by atoms with E-state index in [4.69, 9.17) is 5.73 Å². The molecule has 2 rings (SSSR count). The van der Waals surface area contributed by atoms with Crippen LogP contribution in [0, 0.1) is 5.92 Å². The second kappa shape index (κ2) is 6.99. The molecule has 1 fully saturated rings. The van der Waals surface area contributed by atoms with E-state index in [9.17, 15) is 13.2 Å². The first-order valence-electron chi connectivity index (χ1n) is 6.91. The largest absolute Gasteiger partial charge is 0.354 e. The van der Waals surface area contributed by atoms with Crippen LogP contribution in [0.2, 0.25) is 0 Å². The molecule has 1 aliphatic heterocycles. The van der Waals surface area contributed by atoms with Gasteiger partial charge in [-0.05, 0) is 25.3 Å². The quantitative estimate of drug-likeness (QED) is 0.808. The van der Waals surface area contributed by atoms with Gasteiger partial charge in [0.25, 0.3) is 5.91 Å². The molecule has 1 aliphatic rings. The van der Waals surface area contributed by atoms with Gasteiger partial charge in [0.15, 0.2) is 0 Å². The molecule has 2 unspecified atom stereocenters. The van der Waals surface area contributed by atoms with E-state index >= 15 is 0 Å². The minimum Gasteiger partial charge on any atom is -0.354 e. The number of hydrogen-bond donors (Lipinski definition) is 2. The van der Waals surface area contributed by atoms with Crippen molar-refractivity contribution >= 4 is 28.3 Å². The lowest BCUT2D eigenvalue weighted by Crippen LogP contribution is -2.32. The summed E-state index contributed by atoms with van der Waals surface area (Å²) < 4.78 is 28.2. The van der Waals surface area contributed by atoms with Gasteiger partial charge in [-0.3, -0.25) is 4.79 Å². The third-order valence-electron chi connectivity index (χ3n) is 4.01. The van der Waals surface area contributed by atoms with Crippen molar-refractivity contribution in [3.8, 4) is 0 Å². The lowest BCUT2D eigenvalue weighted by molar-refractivity contribution is 0.0955. The molecule has 7 nitrogen and oxygen atoms in total. The molecule has 126 valence electrons. The number of nitrogens with zero attached hydrogens (tertiary/aromatic N) is 2. The molecule has 0 radical (unpaired) electrons. The fourth-order valence-corrected chi connectivity index (χ4v) is 4.16. The first-order chi connectivity index (χ1) is 9.77. The van der Waals surface area contributed by atoms with Crippen LogP contribution in [-0.4, -0.2) is 49.4 Å². The van der Waals surface area contributed by atoms with Gasteiger partial charge in [0.2, 0.25) is 10.0 Å². The lowest BCUT2D eigenvalue weighted by atomic mass is 10.0. The molecule has 1 aromatic rings. The van der Waals surface area contributed by atoms with Crippen LogP contribution in [0.4, 0.5) is 0 Å². The monoisotopic (exact) mass is 350 g/mol. The summed E-state index contributed by atoms with van der Waals surface area (Å²) in [5.74, 6) is -0.129. The summed E-state index contributed by atoms with van der Waals surface area (Å²) in [4.78, 5) is 11.8. The SMILES string of the molecule is CNC(=O)c1cc(S(=O)(=O)N2CCC(C(C)N)C2)cn1C.Cl. The van der Waals surface area contributed by atoms with Crippen molar-refractivity contribution in [1.29, 1.82) is 0 Å². The highest BCUT2D eigenvalue weighted by Crippen LogP contribution is 2.26. The fourth-order valence-electron chi connectivity index (χ4n) is 2.58. The van der Waals surface area contributed by atoms with Gasteiger partial charge in [-0.2, -0.15) is 4.31 Å². The van der Waals surface area contributed by atoms with Gasteiger partial charge < -0.3 is 15.6 Å². The van der Waals surface area contributed by atoms with E-state index in [2.05, 4.69) is 5.32 Å². The molecule has 0 aromatic carbocycles. The average molecular weight is 351 g/mol. The Labute approximate surface area is 137 Å². The number of sulfonamides is 1. The normalized spacial score (nSPS) is 20.5. The highest BCUT2D eigenvalue weighted by molar-refractivity contribution is 7.89. The zero-order valence-corrected chi connectivity index (χ0v) is 14.6. The van der Waals surface area contributed by atoms with Crippen molar-refractivity contribution in [2.24, 2.45) is 18.7 Å². The molecule has 3 N–H and O–H groups in total. The molecule has 0 bridgehead atoms. The number of carbonyl (C=O) groups excluding carboxylic acids is 1. The van der Waals surface area contributed by atoms with Gasteiger partial charge in [0.05, 0.1) is 0 Å². The Hall–Kier alpha value is -1.09. The van der Waals surface area contributed by atoms with Gasteiger partial charge in [-0.1, -0.05) is 0 Å². The molecular formula is C13H23ClN4O3S. The molecular weight excluding hydrogens is 328 g/mol. The molecule has 1 amide bonds. The van der Waals surface area contributed by atoms with Gasteiger partial charge in [0.1, 0.15) is 10.6 Å². The van der Waals surface area contributed by atoms with E-state index in [1.54, 1.807) is 7.05 Å². The van der Waals surface area contributed by atoms with Crippen LogP contribution in [-0.2, 0) is 17.1 Å². The average Bonchev–Trinajstić information content (AvgIpc) is 3.04.